The number of rotatable bonds is 9. The van der Waals surface area contributed by atoms with Crippen LogP contribution in [0.5, 0.6) is 0 Å². The number of anilines is 3. The molecule has 3 rings (SSSR count). The lowest BCUT2D eigenvalue weighted by Gasteiger charge is -2.29. The van der Waals surface area contributed by atoms with Gasteiger partial charge in [0.25, 0.3) is 0 Å². The summed E-state index contributed by atoms with van der Waals surface area (Å²) in [5.74, 6) is 1.47. The molecule has 0 aromatic carbocycles. The Morgan fingerprint density at radius 1 is 1.35 bits per heavy atom. The Labute approximate surface area is 188 Å². The van der Waals surface area contributed by atoms with Gasteiger partial charge in [0.15, 0.2) is 5.82 Å². The van der Waals surface area contributed by atoms with Crippen LogP contribution in [0.4, 0.5) is 17.5 Å². The first-order valence-corrected chi connectivity index (χ1v) is 10.9. The van der Waals surface area contributed by atoms with E-state index < -0.39 is 0 Å². The van der Waals surface area contributed by atoms with Gasteiger partial charge >= 0.3 is 0 Å². The van der Waals surface area contributed by atoms with Crippen LogP contribution in [-0.4, -0.2) is 63.8 Å². The Balaban J connectivity index is 1.50. The van der Waals surface area contributed by atoms with Crippen molar-refractivity contribution in [1.29, 1.82) is 0 Å². The molecule has 1 aliphatic carbocycles. The van der Waals surface area contributed by atoms with Crippen LogP contribution in [-0.2, 0) is 11.8 Å². The Morgan fingerprint density at radius 2 is 2.19 bits per heavy atom. The number of hydrogen-bond acceptors (Lipinski definition) is 7. The molecule has 3 N–H and O–H groups in total. The van der Waals surface area contributed by atoms with Crippen LogP contribution in [0.25, 0.3) is 0 Å². The predicted molar refractivity (Wildman–Crippen MR) is 124 cm³/mol. The van der Waals surface area contributed by atoms with Crippen LogP contribution in [0, 0.1) is 5.92 Å². The van der Waals surface area contributed by atoms with Crippen LogP contribution >= 0.6 is 11.6 Å². The highest BCUT2D eigenvalue weighted by Gasteiger charge is 2.23. The van der Waals surface area contributed by atoms with Gasteiger partial charge < -0.3 is 20.9 Å². The fourth-order valence-electron chi connectivity index (χ4n) is 3.63. The molecule has 2 aromatic rings. The molecule has 2 aromatic heterocycles. The summed E-state index contributed by atoms with van der Waals surface area (Å²) in [6.45, 7) is 1.49. The monoisotopic (exact) mass is 446 g/mol. The van der Waals surface area contributed by atoms with Gasteiger partial charge in [0.2, 0.25) is 11.9 Å². The maximum absolute atomic E-state index is 12.1. The van der Waals surface area contributed by atoms with Gasteiger partial charge in [0.1, 0.15) is 5.02 Å². The molecule has 31 heavy (non-hydrogen) atoms. The molecule has 10 heteroatoms. The van der Waals surface area contributed by atoms with E-state index in [0.717, 1.165) is 44.5 Å². The van der Waals surface area contributed by atoms with Crippen LogP contribution < -0.4 is 16.0 Å². The molecule has 2 heterocycles. The fourth-order valence-corrected chi connectivity index (χ4v) is 3.79. The van der Waals surface area contributed by atoms with E-state index in [-0.39, 0.29) is 11.9 Å². The Bertz CT molecular complexity index is 897. The normalized spacial score (nSPS) is 19.0. The molecule has 1 saturated carbocycles. The molecule has 0 saturated heterocycles. The Morgan fingerprint density at radius 3 is 2.94 bits per heavy atom. The zero-order valence-corrected chi connectivity index (χ0v) is 19.1. The number of halogens is 1. The Hall–Kier alpha value is -2.65. The lowest BCUT2D eigenvalue weighted by Crippen LogP contribution is -2.39. The third-order valence-electron chi connectivity index (χ3n) is 5.13. The number of likely N-dealkylation sites (N-methyl/N-ethyl adjacent to an activating group) is 1. The highest BCUT2D eigenvalue weighted by Crippen LogP contribution is 2.26. The summed E-state index contributed by atoms with van der Waals surface area (Å²) in [4.78, 5) is 22.9. The maximum atomic E-state index is 12.1. The van der Waals surface area contributed by atoms with Crippen LogP contribution in [0.1, 0.15) is 25.7 Å². The molecule has 0 spiro atoms. The van der Waals surface area contributed by atoms with Crippen molar-refractivity contribution >= 4 is 35.0 Å². The largest absolute Gasteiger partial charge is 0.368 e. The minimum Gasteiger partial charge on any atom is -0.368 e. The third kappa shape index (κ3) is 7.52. The minimum absolute atomic E-state index is 0.0228. The molecule has 2 atom stereocenters. The molecule has 0 radical (unpaired) electrons. The smallest absolute Gasteiger partial charge is 0.243 e. The molecule has 9 nitrogen and oxygen atoms in total. The summed E-state index contributed by atoms with van der Waals surface area (Å²) in [5, 5.41) is 14.2. The van der Waals surface area contributed by atoms with Gasteiger partial charge in [-0.3, -0.25) is 9.48 Å². The van der Waals surface area contributed by atoms with Crippen molar-refractivity contribution in [3.8, 4) is 0 Å². The van der Waals surface area contributed by atoms with Gasteiger partial charge in [-0.15, -0.1) is 0 Å². The molecule has 1 aliphatic rings. The number of nitrogens with one attached hydrogen (secondary N) is 3. The molecular weight excluding hydrogens is 416 g/mol. The molecule has 1 amide bonds. The fraction of sp³-hybridized carbons (Fsp3) is 0.524. The summed E-state index contributed by atoms with van der Waals surface area (Å²) >= 11 is 6.29. The quantitative estimate of drug-likeness (QED) is 0.509. The first kappa shape index (κ1) is 23.0. The highest BCUT2D eigenvalue weighted by molar-refractivity contribution is 6.32. The molecule has 0 bridgehead atoms. The average molecular weight is 447 g/mol. The van der Waals surface area contributed by atoms with Crippen molar-refractivity contribution in [3.05, 3.63) is 35.8 Å². The number of aryl methyl sites for hydroxylation is 1. The van der Waals surface area contributed by atoms with Gasteiger partial charge in [0.05, 0.1) is 18.1 Å². The van der Waals surface area contributed by atoms with Crippen molar-refractivity contribution in [2.24, 2.45) is 13.0 Å². The van der Waals surface area contributed by atoms with E-state index in [9.17, 15) is 4.79 Å². The first-order chi connectivity index (χ1) is 14.9. The molecule has 0 aliphatic heterocycles. The van der Waals surface area contributed by atoms with E-state index in [2.05, 4.69) is 31.0 Å². The molecule has 168 valence electrons. The lowest BCUT2D eigenvalue weighted by molar-refractivity contribution is -0.117. The minimum atomic E-state index is -0.0228. The second kappa shape index (κ2) is 11.1. The van der Waals surface area contributed by atoms with E-state index >= 15 is 0 Å². The highest BCUT2D eigenvalue weighted by atomic mass is 35.5. The second-order valence-corrected chi connectivity index (χ2v) is 8.61. The maximum Gasteiger partial charge on any atom is 0.243 e. The average Bonchev–Trinajstić information content (AvgIpc) is 3.13. The molecule has 0 unspecified atom stereocenters. The van der Waals surface area contributed by atoms with Crippen molar-refractivity contribution in [1.82, 2.24) is 30.0 Å². The van der Waals surface area contributed by atoms with E-state index in [4.69, 9.17) is 11.6 Å². The predicted octanol–water partition coefficient (Wildman–Crippen LogP) is 2.81. The number of nitrogens with zero attached hydrogens (tertiary/aromatic N) is 5. The molecular formula is C21H31ClN8O. The summed E-state index contributed by atoms with van der Waals surface area (Å²) in [5.41, 5.74) is 0.807. The molecule has 1 fully saturated rings. The van der Waals surface area contributed by atoms with Crippen LogP contribution in [0.3, 0.4) is 0 Å². The van der Waals surface area contributed by atoms with Gasteiger partial charge in [-0.25, -0.2) is 4.98 Å². The van der Waals surface area contributed by atoms with E-state index in [1.54, 1.807) is 23.2 Å². The Kier molecular flexibility index (Phi) is 8.25. The van der Waals surface area contributed by atoms with Crippen LogP contribution in [0.15, 0.2) is 30.7 Å². The van der Waals surface area contributed by atoms with Crippen molar-refractivity contribution in [2.75, 3.05) is 37.8 Å². The van der Waals surface area contributed by atoms with Crippen molar-refractivity contribution in [2.45, 2.75) is 31.7 Å². The summed E-state index contributed by atoms with van der Waals surface area (Å²) in [6.07, 6.45) is 12.8. The zero-order chi connectivity index (χ0) is 22.2. The zero-order valence-electron chi connectivity index (χ0n) is 18.3. The number of amides is 1. The van der Waals surface area contributed by atoms with E-state index in [1.165, 1.54) is 0 Å². The van der Waals surface area contributed by atoms with Crippen molar-refractivity contribution < 1.29 is 4.79 Å². The third-order valence-corrected chi connectivity index (χ3v) is 5.41. The van der Waals surface area contributed by atoms with E-state index in [1.807, 2.05) is 38.3 Å². The van der Waals surface area contributed by atoms with Gasteiger partial charge in [-0.1, -0.05) is 24.1 Å². The first-order valence-electron chi connectivity index (χ1n) is 10.5. The summed E-state index contributed by atoms with van der Waals surface area (Å²) < 4.78 is 1.70. The van der Waals surface area contributed by atoms with Gasteiger partial charge in [-0.05, 0) is 39.3 Å². The number of carbonyl (C=O) groups excluding carboxylic acids is 1. The van der Waals surface area contributed by atoms with Crippen molar-refractivity contribution in [3.63, 3.8) is 0 Å². The van der Waals surface area contributed by atoms with E-state index in [0.29, 0.717) is 22.7 Å². The SMILES string of the molecule is CN(C)C/C=C/C(=O)N[C@H]1CCC[C@H](CNc2nc(Nc3cnn(C)c3)ncc2Cl)C1. The number of hydrogen-bond donors (Lipinski definition) is 3. The van der Waals surface area contributed by atoms with Crippen LogP contribution in [0.2, 0.25) is 5.02 Å². The van der Waals surface area contributed by atoms with Gasteiger partial charge in [0, 0.05) is 38.5 Å². The van der Waals surface area contributed by atoms with Gasteiger partial charge in [-0.2, -0.15) is 10.1 Å². The number of aromatic nitrogens is 4. The topological polar surface area (TPSA) is 100 Å². The second-order valence-electron chi connectivity index (χ2n) is 8.20. The number of carbonyl (C=O) groups is 1. The lowest BCUT2D eigenvalue weighted by atomic mass is 9.85. The standard InChI is InChI=1S/C21H31ClN8O/c1-29(2)9-5-8-19(31)26-16-7-4-6-15(10-16)11-23-20-18(22)13-24-21(28-20)27-17-12-25-30(3)14-17/h5,8,12-16H,4,6-7,9-11H2,1-3H3,(H,26,31)(H2,23,24,27,28)/b8-5+/t15-,16-/m0/s1. The summed E-state index contributed by atoms with van der Waals surface area (Å²) in [7, 11) is 5.80. The summed E-state index contributed by atoms with van der Waals surface area (Å²) in [6, 6.07) is 0.195.